The van der Waals surface area contributed by atoms with Crippen LogP contribution in [0.2, 0.25) is 0 Å². The van der Waals surface area contributed by atoms with Crippen LogP contribution >= 0.6 is 0 Å². The number of nitrogens with one attached hydrogen (secondary N) is 1. The van der Waals surface area contributed by atoms with Crippen molar-refractivity contribution in [1.82, 2.24) is 10.3 Å². The molecule has 0 bridgehead atoms. The lowest BCUT2D eigenvalue weighted by Gasteiger charge is -2.26. The van der Waals surface area contributed by atoms with Gasteiger partial charge in [-0.15, -0.1) is 0 Å². The van der Waals surface area contributed by atoms with E-state index in [2.05, 4.69) is 22.4 Å². The molecule has 1 unspecified atom stereocenters. The van der Waals surface area contributed by atoms with E-state index in [1.54, 1.807) is 13.1 Å². The number of sulfone groups is 1. The molecule has 3 atom stereocenters. The van der Waals surface area contributed by atoms with Gasteiger partial charge in [-0.1, -0.05) is 30.3 Å². The Kier molecular flexibility index (Phi) is 3.00. The third-order valence-electron chi connectivity index (χ3n) is 5.17. The van der Waals surface area contributed by atoms with Crippen molar-refractivity contribution >= 4 is 9.84 Å². The highest BCUT2D eigenvalue weighted by atomic mass is 32.2. The highest BCUT2D eigenvalue weighted by Gasteiger charge is 2.60. The van der Waals surface area contributed by atoms with Crippen LogP contribution in [0, 0.1) is 6.92 Å². The molecule has 120 valence electrons. The topological polar surface area (TPSA) is 59.1 Å². The number of benzene rings is 1. The Balaban J connectivity index is 1.97. The summed E-state index contributed by atoms with van der Waals surface area (Å²) in [5, 5.41) is 3.10. The van der Waals surface area contributed by atoms with Gasteiger partial charge in [0.2, 0.25) is 0 Å². The quantitative estimate of drug-likeness (QED) is 0.874. The highest BCUT2D eigenvalue weighted by Crippen LogP contribution is 2.55. The molecule has 2 aromatic rings. The first-order valence-electron chi connectivity index (χ1n) is 7.86. The molecule has 4 nitrogen and oxygen atoms in total. The second-order valence-corrected chi connectivity index (χ2v) is 9.07. The molecule has 0 saturated carbocycles. The van der Waals surface area contributed by atoms with E-state index < -0.39 is 20.6 Å². The number of aryl methyl sites for hydroxylation is 1. The fraction of sp³-hybridized carbons (Fsp3) is 0.389. The van der Waals surface area contributed by atoms with Crippen molar-refractivity contribution < 1.29 is 8.42 Å². The summed E-state index contributed by atoms with van der Waals surface area (Å²) in [5.41, 5.74) is 2.16. The Labute approximate surface area is 136 Å². The summed E-state index contributed by atoms with van der Waals surface area (Å²) >= 11 is 0. The number of pyridine rings is 1. The van der Waals surface area contributed by atoms with Gasteiger partial charge in [-0.25, -0.2) is 8.42 Å². The number of fused-ring (bicyclic) bond motifs is 3. The van der Waals surface area contributed by atoms with Crippen LogP contribution in [0.25, 0.3) is 0 Å². The minimum atomic E-state index is -3.39. The number of nitrogens with zero attached hydrogens (tertiary/aromatic N) is 1. The zero-order valence-electron chi connectivity index (χ0n) is 13.4. The number of rotatable bonds is 1. The molecule has 2 aliphatic rings. The Morgan fingerprint density at radius 2 is 1.83 bits per heavy atom. The monoisotopic (exact) mass is 328 g/mol. The van der Waals surface area contributed by atoms with Crippen LogP contribution in [0.4, 0.5) is 0 Å². The van der Waals surface area contributed by atoms with Gasteiger partial charge in [-0.2, -0.15) is 0 Å². The van der Waals surface area contributed by atoms with E-state index in [0.29, 0.717) is 10.6 Å². The van der Waals surface area contributed by atoms with Gasteiger partial charge >= 0.3 is 0 Å². The van der Waals surface area contributed by atoms with Crippen molar-refractivity contribution in [2.45, 2.75) is 48.4 Å². The van der Waals surface area contributed by atoms with Gasteiger partial charge in [0.05, 0.1) is 15.8 Å². The van der Waals surface area contributed by atoms with Crippen LogP contribution in [0.1, 0.15) is 42.6 Å². The van der Waals surface area contributed by atoms with Gasteiger partial charge in [-0.05, 0) is 38.0 Å². The van der Waals surface area contributed by atoms with Crippen molar-refractivity contribution in [3.8, 4) is 0 Å². The Morgan fingerprint density at radius 3 is 2.52 bits per heavy atom. The van der Waals surface area contributed by atoms with Gasteiger partial charge < -0.3 is 5.32 Å². The Bertz CT molecular complexity index is 875. The van der Waals surface area contributed by atoms with Crippen LogP contribution in [0.15, 0.2) is 47.5 Å². The van der Waals surface area contributed by atoms with Crippen molar-refractivity contribution in [3.63, 3.8) is 0 Å². The lowest BCUT2D eigenvalue weighted by atomic mass is 9.85. The third-order valence-corrected chi connectivity index (χ3v) is 7.83. The molecule has 23 heavy (non-hydrogen) atoms. The van der Waals surface area contributed by atoms with Gasteiger partial charge in [0, 0.05) is 23.7 Å². The van der Waals surface area contributed by atoms with E-state index in [1.807, 2.05) is 38.1 Å². The molecule has 1 N–H and O–H groups in total. The molecule has 1 fully saturated rings. The standard InChI is InChI=1S/C18H20N2O2S/c1-11-16-13(9-10-19-11)14-15(12-7-5-4-6-8-12)20-18(2,3)17(14)23(16,21)22/h4-10,14-15,17,20H,1-3H3/t14-,15-,17?/m1/s1. The number of aromatic nitrogens is 1. The number of hydrogen-bond acceptors (Lipinski definition) is 4. The third kappa shape index (κ3) is 1.93. The van der Waals surface area contributed by atoms with E-state index >= 15 is 0 Å². The second-order valence-electron chi connectivity index (χ2n) is 7.06. The summed E-state index contributed by atoms with van der Waals surface area (Å²) in [6.45, 7) is 5.76. The molecule has 0 radical (unpaired) electrons. The minimum absolute atomic E-state index is 0.00553. The molecule has 3 heterocycles. The molecule has 0 amide bonds. The van der Waals surface area contributed by atoms with Crippen molar-refractivity contribution in [3.05, 3.63) is 59.4 Å². The molecule has 0 aliphatic carbocycles. The van der Waals surface area contributed by atoms with Crippen LogP contribution < -0.4 is 5.32 Å². The minimum Gasteiger partial charge on any atom is -0.303 e. The van der Waals surface area contributed by atoms with Crippen LogP contribution in [-0.4, -0.2) is 24.2 Å². The Morgan fingerprint density at radius 1 is 1.13 bits per heavy atom. The molecule has 1 aromatic carbocycles. The lowest BCUT2D eigenvalue weighted by molar-refractivity contribution is 0.428. The fourth-order valence-electron chi connectivity index (χ4n) is 4.40. The van der Waals surface area contributed by atoms with Gasteiger partial charge in [0.25, 0.3) is 0 Å². The van der Waals surface area contributed by atoms with Gasteiger partial charge in [-0.3, -0.25) is 4.98 Å². The van der Waals surface area contributed by atoms with Crippen LogP contribution in [-0.2, 0) is 9.84 Å². The molecule has 2 aliphatic heterocycles. The second kappa shape index (κ2) is 4.65. The van der Waals surface area contributed by atoms with Gasteiger partial charge in [0.1, 0.15) is 0 Å². The van der Waals surface area contributed by atoms with E-state index in [-0.39, 0.29) is 12.0 Å². The van der Waals surface area contributed by atoms with Crippen molar-refractivity contribution in [1.29, 1.82) is 0 Å². The summed E-state index contributed by atoms with van der Waals surface area (Å²) in [5.74, 6) is -0.0749. The molecule has 0 spiro atoms. The zero-order valence-corrected chi connectivity index (χ0v) is 14.3. The number of hydrogen-bond donors (Lipinski definition) is 1. The van der Waals surface area contributed by atoms with E-state index in [0.717, 1.165) is 11.1 Å². The normalized spacial score (nSPS) is 30.0. The molecular formula is C18H20N2O2S. The molecule has 4 rings (SSSR count). The predicted octanol–water partition coefficient (Wildman–Crippen LogP) is 2.75. The lowest BCUT2D eigenvalue weighted by Crippen LogP contribution is -2.45. The fourth-order valence-corrected chi connectivity index (χ4v) is 7.19. The van der Waals surface area contributed by atoms with Crippen LogP contribution in [0.3, 0.4) is 0 Å². The van der Waals surface area contributed by atoms with Gasteiger partial charge in [0.15, 0.2) is 9.84 Å². The highest BCUT2D eigenvalue weighted by molar-refractivity contribution is 7.92. The molecule has 5 heteroatoms. The summed E-state index contributed by atoms with van der Waals surface area (Å²) in [4.78, 5) is 4.67. The van der Waals surface area contributed by atoms with E-state index in [1.165, 1.54) is 0 Å². The SMILES string of the molecule is Cc1nccc2c1S(=O)(=O)C1[C@H]2[C@@H](c2ccccc2)NC1(C)C. The molecule has 1 aromatic heterocycles. The van der Waals surface area contributed by atoms with Crippen LogP contribution in [0.5, 0.6) is 0 Å². The zero-order chi connectivity index (χ0) is 16.4. The smallest absolute Gasteiger partial charge is 0.185 e. The molecule has 1 saturated heterocycles. The maximum atomic E-state index is 13.2. The average Bonchev–Trinajstić information content (AvgIpc) is 2.93. The summed E-state index contributed by atoms with van der Waals surface area (Å²) < 4.78 is 26.4. The first-order valence-corrected chi connectivity index (χ1v) is 9.41. The van der Waals surface area contributed by atoms with Crippen molar-refractivity contribution in [2.24, 2.45) is 0 Å². The largest absolute Gasteiger partial charge is 0.303 e. The maximum absolute atomic E-state index is 13.2. The summed E-state index contributed by atoms with van der Waals surface area (Å²) in [6, 6.07) is 12.0. The summed E-state index contributed by atoms with van der Waals surface area (Å²) in [7, 11) is -3.39. The predicted molar refractivity (Wildman–Crippen MR) is 89.1 cm³/mol. The average molecular weight is 328 g/mol. The maximum Gasteiger partial charge on any atom is 0.185 e. The molecular weight excluding hydrogens is 308 g/mol. The first-order chi connectivity index (χ1) is 10.8. The van der Waals surface area contributed by atoms with E-state index in [4.69, 9.17) is 0 Å². The Hall–Kier alpha value is -1.72. The van der Waals surface area contributed by atoms with Crippen molar-refractivity contribution in [2.75, 3.05) is 0 Å². The van der Waals surface area contributed by atoms with E-state index in [9.17, 15) is 8.42 Å². The summed E-state index contributed by atoms with van der Waals surface area (Å²) in [6.07, 6.45) is 1.72. The first kappa shape index (κ1) is 14.8.